The maximum atomic E-state index is 10.7. The molecule has 0 aliphatic carbocycles. The molecule has 0 N–H and O–H groups in total. The fourth-order valence-corrected chi connectivity index (χ4v) is 5.09. The molecule has 0 amide bonds. The Kier molecular flexibility index (Phi) is 13.9. The van der Waals surface area contributed by atoms with E-state index in [1.165, 1.54) is 32.7 Å². The second-order valence-corrected chi connectivity index (χ2v) is 13.2. The van der Waals surface area contributed by atoms with Gasteiger partial charge in [0.1, 0.15) is 0 Å². The van der Waals surface area contributed by atoms with Crippen LogP contribution in [0.15, 0.2) is 0 Å². The van der Waals surface area contributed by atoms with Crippen molar-refractivity contribution in [3.05, 3.63) is 0 Å². The van der Waals surface area contributed by atoms with Crippen LogP contribution in [0.5, 0.6) is 0 Å². The summed E-state index contributed by atoms with van der Waals surface area (Å²) >= 11 is 0. The van der Waals surface area contributed by atoms with E-state index in [0.29, 0.717) is 26.1 Å². The highest BCUT2D eigenvalue weighted by molar-refractivity contribution is 6.71. The Morgan fingerprint density at radius 2 is 1.09 bits per heavy atom. The normalized spacial score (nSPS) is 26.5. The zero-order valence-corrected chi connectivity index (χ0v) is 21.5. The van der Waals surface area contributed by atoms with Crippen molar-refractivity contribution in [3.63, 3.8) is 0 Å². The first-order chi connectivity index (χ1) is 15.6. The van der Waals surface area contributed by atoms with Gasteiger partial charge in [-0.15, -0.1) is 0 Å². The van der Waals surface area contributed by atoms with Crippen LogP contribution < -0.4 is 0 Å². The van der Waals surface area contributed by atoms with Crippen LogP contribution in [0.3, 0.4) is 0 Å². The van der Waals surface area contributed by atoms with Crippen molar-refractivity contribution < 1.29 is 42.6 Å². The van der Waals surface area contributed by atoms with Crippen molar-refractivity contribution in [1.29, 1.82) is 0 Å². The molecular formula is C23H40O9Si. The molecule has 4 aliphatic heterocycles. The molecule has 4 rings (SSSR count). The number of carbonyl (C=O) groups is 4. The topological polar surface area (TPSA) is 114 Å². The lowest BCUT2D eigenvalue weighted by molar-refractivity contribution is -0.191. The quantitative estimate of drug-likeness (QED) is 0.286. The van der Waals surface area contributed by atoms with Gasteiger partial charge in [0.2, 0.25) is 0 Å². The van der Waals surface area contributed by atoms with Gasteiger partial charge in [-0.1, -0.05) is 6.42 Å². The minimum Gasteiger partial charge on any atom is -0.466 e. The van der Waals surface area contributed by atoms with Crippen LogP contribution in [-0.4, -0.2) is 64.2 Å². The lowest BCUT2D eigenvalue weighted by Gasteiger charge is -2.27. The highest BCUT2D eigenvalue weighted by Crippen LogP contribution is 2.20. The summed E-state index contributed by atoms with van der Waals surface area (Å²) in [6, 6.07) is 1.37. The number of ether oxygens (including phenoxy) is 4. The summed E-state index contributed by atoms with van der Waals surface area (Å²) in [6.45, 7) is 9.85. The summed E-state index contributed by atoms with van der Waals surface area (Å²) in [5.41, 5.74) is 0. The Labute approximate surface area is 197 Å². The van der Waals surface area contributed by atoms with Gasteiger partial charge in [-0.3, -0.25) is 9.59 Å². The van der Waals surface area contributed by atoms with Crippen LogP contribution in [-0.2, 0) is 42.6 Å². The number of carbonyl (C=O) groups excluding carboxylic acids is 4. The molecule has 0 bridgehead atoms. The molecule has 4 heterocycles. The van der Waals surface area contributed by atoms with E-state index in [2.05, 4.69) is 27.3 Å². The average Bonchev–Trinajstić information content (AvgIpc) is 3.02. The number of hydrogen-bond donors (Lipinski definition) is 0. The van der Waals surface area contributed by atoms with Crippen LogP contribution in [0.4, 0.5) is 0 Å². The van der Waals surface area contributed by atoms with Gasteiger partial charge in [0, 0.05) is 19.4 Å². The predicted molar refractivity (Wildman–Crippen MR) is 123 cm³/mol. The molecule has 4 fully saturated rings. The van der Waals surface area contributed by atoms with Crippen molar-refractivity contribution in [2.24, 2.45) is 0 Å². The van der Waals surface area contributed by atoms with Gasteiger partial charge in [-0.05, 0) is 71.5 Å². The summed E-state index contributed by atoms with van der Waals surface area (Å²) in [4.78, 5) is 42.0. The Balaban J connectivity index is 0.000000222. The second-order valence-electron chi connectivity index (χ2n) is 8.93. The molecule has 2 unspecified atom stereocenters. The van der Waals surface area contributed by atoms with E-state index in [1.54, 1.807) is 0 Å². The molecule has 33 heavy (non-hydrogen) atoms. The maximum absolute atomic E-state index is 10.7. The first kappa shape index (κ1) is 29.1. The van der Waals surface area contributed by atoms with Gasteiger partial charge in [0.05, 0.1) is 13.2 Å². The predicted octanol–water partition coefficient (Wildman–Crippen LogP) is 3.68. The van der Waals surface area contributed by atoms with Crippen LogP contribution in [0.1, 0.15) is 71.6 Å². The number of hydrogen-bond acceptors (Lipinski definition) is 9. The molecule has 0 radical (unpaired) electrons. The largest absolute Gasteiger partial charge is 0.466 e. The van der Waals surface area contributed by atoms with Gasteiger partial charge in [-0.2, -0.15) is 0 Å². The van der Waals surface area contributed by atoms with Gasteiger partial charge in [0.15, 0.2) is 20.5 Å². The Morgan fingerprint density at radius 3 is 1.48 bits per heavy atom. The minimum absolute atomic E-state index is 0.0255. The first-order valence-electron chi connectivity index (χ1n) is 12.0. The van der Waals surface area contributed by atoms with Gasteiger partial charge in [0.25, 0.3) is 0 Å². The molecule has 4 aliphatic rings. The minimum atomic E-state index is -1.09. The average molecular weight is 489 g/mol. The van der Waals surface area contributed by atoms with Crippen molar-refractivity contribution in [2.45, 2.75) is 103 Å². The first-order valence-corrected chi connectivity index (χ1v) is 15.1. The van der Waals surface area contributed by atoms with Crippen molar-refractivity contribution in [2.75, 3.05) is 19.8 Å². The second kappa shape index (κ2) is 15.8. The summed E-state index contributed by atoms with van der Waals surface area (Å²) in [5.74, 6) is -1.02. The molecule has 0 aromatic carbocycles. The van der Waals surface area contributed by atoms with E-state index in [-0.39, 0.29) is 11.9 Å². The molecule has 0 aromatic heterocycles. The number of rotatable bonds is 0. The van der Waals surface area contributed by atoms with Gasteiger partial charge in [-0.25, -0.2) is 9.59 Å². The highest BCUT2D eigenvalue weighted by Gasteiger charge is 2.32. The molecular weight excluding hydrogens is 448 g/mol. The fourth-order valence-electron chi connectivity index (χ4n) is 3.15. The lowest BCUT2D eigenvalue weighted by atomic mass is 10.2. The van der Waals surface area contributed by atoms with E-state index < -0.39 is 32.5 Å². The summed E-state index contributed by atoms with van der Waals surface area (Å²) in [6.07, 6.45) is 7.71. The zero-order valence-electron chi connectivity index (χ0n) is 20.5. The van der Waals surface area contributed by atoms with E-state index in [0.717, 1.165) is 38.7 Å². The Hall–Kier alpha value is -1.94. The number of cyclic esters (lactones) is 4. The van der Waals surface area contributed by atoms with Crippen molar-refractivity contribution in [3.8, 4) is 0 Å². The van der Waals surface area contributed by atoms with Crippen LogP contribution >= 0.6 is 0 Å². The summed E-state index contributed by atoms with van der Waals surface area (Å²) in [5, 5.41) is 0. The van der Waals surface area contributed by atoms with Crippen molar-refractivity contribution in [1.82, 2.24) is 0 Å². The van der Waals surface area contributed by atoms with Gasteiger partial charge < -0.3 is 23.4 Å². The molecule has 2 atom stereocenters. The van der Waals surface area contributed by atoms with E-state index in [9.17, 15) is 19.2 Å². The molecule has 9 nitrogen and oxygen atoms in total. The van der Waals surface area contributed by atoms with E-state index >= 15 is 0 Å². The number of esters is 4. The van der Waals surface area contributed by atoms with Crippen molar-refractivity contribution >= 4 is 32.2 Å². The van der Waals surface area contributed by atoms with E-state index in [4.69, 9.17) is 9.16 Å². The molecule has 0 saturated carbocycles. The smallest absolute Gasteiger partial charge is 0.347 e. The highest BCUT2D eigenvalue weighted by atomic mass is 28.4. The summed E-state index contributed by atoms with van der Waals surface area (Å²) in [7, 11) is -1.09. The third kappa shape index (κ3) is 14.0. The van der Waals surface area contributed by atoms with Crippen LogP contribution in [0, 0.1) is 0 Å². The Bertz CT molecular complexity index is 589. The SMILES string of the molecule is CC1OC(=O)C(C)OC1=O.C[Si]1(C)CCCCO1.O=C1CCCCCO1.O=C1CCCCO1. The van der Waals surface area contributed by atoms with Crippen LogP contribution in [0.2, 0.25) is 19.1 Å². The van der Waals surface area contributed by atoms with Gasteiger partial charge >= 0.3 is 23.9 Å². The third-order valence-corrected chi connectivity index (χ3v) is 7.79. The fraction of sp³-hybridized carbons (Fsp3) is 0.826. The monoisotopic (exact) mass is 488 g/mol. The zero-order chi connectivity index (χ0) is 24.7. The van der Waals surface area contributed by atoms with Crippen LogP contribution in [0.25, 0.3) is 0 Å². The molecule has 0 aromatic rings. The molecule has 0 spiro atoms. The maximum Gasteiger partial charge on any atom is 0.347 e. The third-order valence-electron chi connectivity index (χ3n) is 5.24. The van der Waals surface area contributed by atoms with E-state index in [1.807, 2.05) is 0 Å². The molecule has 10 heteroatoms. The molecule has 190 valence electrons. The summed E-state index contributed by atoms with van der Waals surface area (Å²) < 4.78 is 24.2. The standard InChI is InChI=1S/C6H8O4.C6H10O2.C6H14OSi.C5H8O2/c1-3-5(7)10-4(2)6(8)9-3;7-6-4-2-1-3-5-8-6;1-8(2)6-4-3-5-7-8;6-5-3-1-2-4-7-5/h3-4H,1-2H3;1-5H2;3-6H2,1-2H3;1-4H2. The lowest BCUT2D eigenvalue weighted by Crippen LogP contribution is -2.40. The Morgan fingerprint density at radius 1 is 0.636 bits per heavy atom. The molecule has 4 saturated heterocycles.